The zero-order valence-electron chi connectivity index (χ0n) is 16.1. The first kappa shape index (κ1) is 19.2. The minimum absolute atomic E-state index is 0.0757. The van der Waals surface area contributed by atoms with E-state index in [1.165, 1.54) is 14.2 Å². The van der Waals surface area contributed by atoms with Crippen molar-refractivity contribution >= 4 is 17.4 Å². The van der Waals surface area contributed by atoms with Crippen molar-refractivity contribution in [2.24, 2.45) is 0 Å². The topological polar surface area (TPSA) is 55.8 Å². The van der Waals surface area contributed by atoms with E-state index in [0.29, 0.717) is 16.7 Å². The van der Waals surface area contributed by atoms with E-state index in [2.05, 4.69) is 0 Å². The van der Waals surface area contributed by atoms with E-state index < -0.39 is 0 Å². The number of phenolic OH excluding ortho intramolecular Hbond substituents is 1. The Morgan fingerprint density at radius 3 is 1.96 bits per heavy atom. The monoisotopic (exact) mass is 374 g/mol. The Balaban J connectivity index is 2.15. The smallest absolute Gasteiger partial charge is 0.200 e. The summed E-state index contributed by atoms with van der Waals surface area (Å²) in [4.78, 5) is 13.3. The Labute approximate surface area is 164 Å². The second kappa shape index (κ2) is 8.44. The van der Waals surface area contributed by atoms with Crippen molar-refractivity contribution in [2.75, 3.05) is 14.2 Å². The number of benzene rings is 3. The van der Waals surface area contributed by atoms with Gasteiger partial charge in [-0.25, -0.2) is 0 Å². The van der Waals surface area contributed by atoms with Crippen LogP contribution in [0.2, 0.25) is 0 Å². The van der Waals surface area contributed by atoms with Crippen LogP contribution in [-0.2, 0) is 0 Å². The number of hydrogen-bond acceptors (Lipinski definition) is 4. The number of ether oxygens (including phenoxy) is 2. The van der Waals surface area contributed by atoms with Crippen LogP contribution in [0.5, 0.6) is 17.2 Å². The number of rotatable bonds is 6. The van der Waals surface area contributed by atoms with Crippen molar-refractivity contribution in [1.29, 1.82) is 0 Å². The first-order chi connectivity index (χ1) is 13.5. The molecule has 3 aromatic rings. The molecule has 0 aromatic heterocycles. The van der Waals surface area contributed by atoms with Crippen LogP contribution in [0, 0.1) is 6.92 Å². The van der Waals surface area contributed by atoms with Crippen LogP contribution in [-0.4, -0.2) is 25.1 Å². The summed E-state index contributed by atoms with van der Waals surface area (Å²) >= 11 is 0. The van der Waals surface area contributed by atoms with E-state index >= 15 is 0 Å². The molecule has 28 heavy (non-hydrogen) atoms. The van der Waals surface area contributed by atoms with Gasteiger partial charge in [-0.2, -0.15) is 0 Å². The number of ketones is 1. The van der Waals surface area contributed by atoms with Crippen LogP contribution < -0.4 is 9.47 Å². The Morgan fingerprint density at radius 1 is 0.857 bits per heavy atom. The highest BCUT2D eigenvalue weighted by atomic mass is 16.5. The molecular weight excluding hydrogens is 352 g/mol. The zero-order chi connectivity index (χ0) is 20.1. The average Bonchev–Trinajstić information content (AvgIpc) is 2.73. The van der Waals surface area contributed by atoms with E-state index in [1.54, 1.807) is 18.2 Å². The lowest BCUT2D eigenvalue weighted by Crippen LogP contribution is -2.03. The van der Waals surface area contributed by atoms with Gasteiger partial charge in [-0.3, -0.25) is 4.79 Å². The molecule has 0 heterocycles. The van der Waals surface area contributed by atoms with Crippen LogP contribution in [0.25, 0.3) is 11.6 Å². The third kappa shape index (κ3) is 4.07. The Hall–Kier alpha value is -3.53. The van der Waals surface area contributed by atoms with Crippen molar-refractivity contribution < 1.29 is 19.4 Å². The summed E-state index contributed by atoms with van der Waals surface area (Å²) in [5.41, 5.74) is 3.73. The van der Waals surface area contributed by atoms with Crippen molar-refractivity contribution in [3.8, 4) is 17.2 Å². The molecule has 0 radical (unpaired) electrons. The summed E-state index contributed by atoms with van der Waals surface area (Å²) in [7, 11) is 2.94. The van der Waals surface area contributed by atoms with Gasteiger partial charge in [0, 0.05) is 11.1 Å². The molecule has 3 aromatic carbocycles. The molecule has 142 valence electrons. The van der Waals surface area contributed by atoms with Gasteiger partial charge in [0.15, 0.2) is 17.3 Å². The highest BCUT2D eigenvalue weighted by Gasteiger charge is 2.16. The van der Waals surface area contributed by atoms with E-state index in [9.17, 15) is 9.90 Å². The molecule has 0 aliphatic heterocycles. The molecule has 0 atom stereocenters. The van der Waals surface area contributed by atoms with E-state index in [0.717, 1.165) is 11.1 Å². The highest BCUT2D eigenvalue weighted by molar-refractivity contribution is 6.32. The highest BCUT2D eigenvalue weighted by Crippen LogP contribution is 2.38. The SMILES string of the molecule is COc1cc(/C=C(/C(=O)c2ccc(C)cc2)c2ccccc2)cc(OC)c1O. The molecule has 0 fully saturated rings. The second-order valence-corrected chi connectivity index (χ2v) is 6.39. The summed E-state index contributed by atoms with van der Waals surface area (Å²) in [6, 6.07) is 20.3. The van der Waals surface area contributed by atoms with Crippen molar-refractivity contribution in [3.63, 3.8) is 0 Å². The number of Topliss-reactive ketones (excluding diaryl/α,β-unsaturated/α-hetero) is 1. The number of aromatic hydroxyl groups is 1. The summed E-state index contributed by atoms with van der Waals surface area (Å²) < 4.78 is 10.5. The molecule has 4 nitrogen and oxygen atoms in total. The molecule has 4 heteroatoms. The van der Waals surface area contributed by atoms with Crippen molar-refractivity contribution in [1.82, 2.24) is 0 Å². The number of hydrogen-bond donors (Lipinski definition) is 1. The first-order valence-electron chi connectivity index (χ1n) is 8.87. The molecule has 3 rings (SSSR count). The maximum absolute atomic E-state index is 13.3. The van der Waals surface area contributed by atoms with E-state index in [-0.39, 0.29) is 23.0 Å². The van der Waals surface area contributed by atoms with Gasteiger partial charge in [-0.15, -0.1) is 0 Å². The van der Waals surface area contributed by atoms with Gasteiger partial charge in [0.25, 0.3) is 0 Å². The standard InChI is InChI=1S/C24H22O4/c1-16-9-11-19(12-10-16)23(25)20(18-7-5-4-6-8-18)13-17-14-21(27-2)24(26)22(15-17)28-3/h4-15,26H,1-3H3/b20-13+. The third-order valence-electron chi connectivity index (χ3n) is 4.46. The molecule has 0 bridgehead atoms. The molecular formula is C24H22O4. The number of carbonyl (C=O) groups excluding carboxylic acids is 1. The minimum atomic E-state index is -0.0859. The van der Waals surface area contributed by atoms with Gasteiger partial charge < -0.3 is 14.6 Å². The van der Waals surface area contributed by atoms with Gasteiger partial charge in [0.2, 0.25) is 5.75 Å². The summed E-state index contributed by atoms with van der Waals surface area (Å²) in [5.74, 6) is 0.395. The second-order valence-electron chi connectivity index (χ2n) is 6.39. The van der Waals surface area contributed by atoms with Gasteiger partial charge >= 0.3 is 0 Å². The van der Waals surface area contributed by atoms with Crippen molar-refractivity contribution in [3.05, 3.63) is 89.0 Å². The largest absolute Gasteiger partial charge is 0.502 e. The predicted molar refractivity (Wildman–Crippen MR) is 111 cm³/mol. The molecule has 0 unspecified atom stereocenters. The fourth-order valence-electron chi connectivity index (χ4n) is 2.92. The van der Waals surface area contributed by atoms with Gasteiger partial charge in [0.05, 0.1) is 14.2 Å². The van der Waals surface area contributed by atoms with Gasteiger partial charge in [-0.05, 0) is 36.3 Å². The molecule has 0 amide bonds. The molecule has 1 N–H and O–H groups in total. The molecule has 0 aliphatic carbocycles. The Morgan fingerprint density at radius 2 is 1.43 bits per heavy atom. The lowest BCUT2D eigenvalue weighted by atomic mass is 9.94. The van der Waals surface area contributed by atoms with Crippen LogP contribution in [0.15, 0.2) is 66.7 Å². The zero-order valence-corrected chi connectivity index (χ0v) is 16.1. The fourth-order valence-corrected chi connectivity index (χ4v) is 2.92. The van der Waals surface area contributed by atoms with Crippen LogP contribution in [0.1, 0.15) is 27.0 Å². The minimum Gasteiger partial charge on any atom is -0.502 e. The normalized spacial score (nSPS) is 11.2. The van der Waals surface area contributed by atoms with Crippen LogP contribution in [0.3, 0.4) is 0 Å². The van der Waals surface area contributed by atoms with Gasteiger partial charge in [-0.1, -0.05) is 60.2 Å². The van der Waals surface area contributed by atoms with Crippen LogP contribution >= 0.6 is 0 Å². The summed E-state index contributed by atoms with van der Waals surface area (Å²) in [5, 5.41) is 10.1. The summed E-state index contributed by atoms with van der Waals surface area (Å²) in [6.45, 7) is 1.98. The Kier molecular flexibility index (Phi) is 5.80. The molecule has 0 spiro atoms. The molecule has 0 saturated heterocycles. The maximum Gasteiger partial charge on any atom is 0.200 e. The first-order valence-corrected chi connectivity index (χ1v) is 8.87. The third-order valence-corrected chi connectivity index (χ3v) is 4.46. The van der Waals surface area contributed by atoms with E-state index in [1.807, 2.05) is 61.5 Å². The predicted octanol–water partition coefficient (Wildman–Crippen LogP) is 5.14. The lowest BCUT2D eigenvalue weighted by molar-refractivity contribution is 0.105. The molecule has 0 saturated carbocycles. The lowest BCUT2D eigenvalue weighted by Gasteiger charge is -2.12. The maximum atomic E-state index is 13.3. The van der Waals surface area contributed by atoms with Gasteiger partial charge in [0.1, 0.15) is 0 Å². The number of phenols is 1. The number of carbonyl (C=O) groups is 1. The van der Waals surface area contributed by atoms with Crippen LogP contribution in [0.4, 0.5) is 0 Å². The Bertz CT molecular complexity index is 978. The molecule has 0 aliphatic rings. The van der Waals surface area contributed by atoms with Crippen molar-refractivity contribution in [2.45, 2.75) is 6.92 Å². The quantitative estimate of drug-likeness (QED) is 0.369. The number of aryl methyl sites for hydroxylation is 1. The average molecular weight is 374 g/mol. The van der Waals surface area contributed by atoms with E-state index in [4.69, 9.17) is 9.47 Å². The number of allylic oxidation sites excluding steroid dienone is 1. The fraction of sp³-hybridized carbons (Fsp3) is 0.125. The number of methoxy groups -OCH3 is 2. The summed E-state index contributed by atoms with van der Waals surface area (Å²) in [6.07, 6.45) is 1.78.